The number of rotatable bonds is 8. The third-order valence-electron chi connectivity index (χ3n) is 15.2. The maximum atomic E-state index is 13.7. The lowest BCUT2D eigenvalue weighted by molar-refractivity contribution is 0.00993. The van der Waals surface area contributed by atoms with Crippen molar-refractivity contribution >= 4 is 36.6 Å². The minimum absolute atomic E-state index is 0.248. The molecule has 5 rings (SSSR count). The van der Waals surface area contributed by atoms with E-state index in [-0.39, 0.29) is 26.2 Å². The van der Waals surface area contributed by atoms with E-state index in [1.54, 1.807) is 29.4 Å². The number of hydrogen-bond donors (Lipinski definition) is 0. The molecule has 22 nitrogen and oxygen atoms in total. The van der Waals surface area contributed by atoms with Crippen molar-refractivity contribution in [2.24, 2.45) is 0 Å². The highest BCUT2D eigenvalue weighted by Gasteiger charge is 2.32. The zero-order valence-electron chi connectivity index (χ0n) is 59.8. The minimum atomic E-state index is -0.706. The Kier molecular flexibility index (Phi) is 28.6. The fourth-order valence-corrected chi connectivity index (χ4v) is 10.8. The van der Waals surface area contributed by atoms with Crippen LogP contribution in [0.1, 0.15) is 173 Å². The van der Waals surface area contributed by atoms with Crippen LogP contribution in [0.2, 0.25) is 0 Å². The Bertz CT molecular complexity index is 2450. The summed E-state index contributed by atoms with van der Waals surface area (Å²) in [7, 11) is 0. The molecule has 3 aliphatic rings. The number of piperazine rings is 1. The van der Waals surface area contributed by atoms with Crippen molar-refractivity contribution in [3.05, 3.63) is 70.8 Å². The third-order valence-corrected chi connectivity index (χ3v) is 15.2. The summed E-state index contributed by atoms with van der Waals surface area (Å²) in [6, 6.07) is 17.7. The van der Waals surface area contributed by atoms with Gasteiger partial charge in [0.15, 0.2) is 0 Å². The molecule has 0 bridgehead atoms. The van der Waals surface area contributed by atoms with Gasteiger partial charge in [0, 0.05) is 157 Å². The second kappa shape index (κ2) is 34.4. The van der Waals surface area contributed by atoms with E-state index < -0.39 is 70.2 Å². The monoisotopic (exact) mass is 1290 g/mol. The molecule has 2 aromatic carbocycles. The molecule has 520 valence electrons. The molecule has 3 fully saturated rings. The van der Waals surface area contributed by atoms with E-state index in [1.165, 1.54) is 11.1 Å². The normalized spacial score (nSPS) is 18.5. The first-order valence-electron chi connectivity index (χ1n) is 33.7. The summed E-state index contributed by atoms with van der Waals surface area (Å²) in [6.07, 6.45) is -0.295. The van der Waals surface area contributed by atoms with Crippen molar-refractivity contribution in [2.75, 3.05) is 131 Å². The van der Waals surface area contributed by atoms with E-state index in [4.69, 9.17) is 28.4 Å². The molecule has 0 atom stereocenters. The second-order valence-electron chi connectivity index (χ2n) is 31.0. The lowest BCUT2D eigenvalue weighted by atomic mass is 10.1. The minimum Gasteiger partial charge on any atom is -0.444 e. The highest BCUT2D eigenvalue weighted by atomic mass is 16.6. The molecular weight excluding hydrogens is 1170 g/mol. The van der Waals surface area contributed by atoms with Gasteiger partial charge in [-0.25, -0.2) is 28.8 Å². The molecule has 0 saturated carbocycles. The maximum absolute atomic E-state index is 13.7. The van der Waals surface area contributed by atoms with Crippen molar-refractivity contribution in [1.29, 1.82) is 0 Å². The average Bonchev–Trinajstić information content (AvgIpc) is 1.58. The maximum Gasteiger partial charge on any atom is 0.410 e. The largest absolute Gasteiger partial charge is 0.444 e. The predicted molar refractivity (Wildman–Crippen MR) is 359 cm³/mol. The fourth-order valence-electron chi connectivity index (χ4n) is 10.8. The van der Waals surface area contributed by atoms with E-state index in [0.717, 1.165) is 50.4 Å². The third kappa shape index (κ3) is 30.3. The first kappa shape index (κ1) is 76.6. The van der Waals surface area contributed by atoms with E-state index in [9.17, 15) is 28.8 Å². The molecule has 2 aromatic rings. The predicted octanol–water partition coefficient (Wildman–Crippen LogP) is 11.6. The van der Waals surface area contributed by atoms with Crippen LogP contribution in [0, 0.1) is 0 Å². The molecule has 0 spiro atoms. The van der Waals surface area contributed by atoms with Gasteiger partial charge in [0.05, 0.1) is 0 Å². The van der Waals surface area contributed by atoms with Crippen LogP contribution in [0.25, 0.3) is 0 Å². The van der Waals surface area contributed by atoms with Gasteiger partial charge < -0.3 is 57.8 Å². The molecule has 0 aromatic heterocycles. The van der Waals surface area contributed by atoms with E-state index >= 15 is 0 Å². The zero-order valence-corrected chi connectivity index (χ0v) is 59.8. The summed E-state index contributed by atoms with van der Waals surface area (Å²) >= 11 is 0. The molecule has 3 aliphatic heterocycles. The Morgan fingerprint density at radius 1 is 0.239 bits per heavy atom. The number of carbonyl (C=O) groups excluding carboxylic acids is 6. The highest BCUT2D eigenvalue weighted by molar-refractivity contribution is 5.71. The van der Waals surface area contributed by atoms with Crippen LogP contribution >= 0.6 is 0 Å². The molecule has 3 heterocycles. The van der Waals surface area contributed by atoms with E-state index in [2.05, 4.69) is 68.1 Å². The van der Waals surface area contributed by atoms with Gasteiger partial charge in [-0.15, -0.1) is 0 Å². The van der Waals surface area contributed by atoms with Crippen molar-refractivity contribution in [3.8, 4) is 0 Å². The van der Waals surface area contributed by atoms with Gasteiger partial charge in [0.2, 0.25) is 0 Å². The highest BCUT2D eigenvalue weighted by Crippen LogP contribution is 2.21. The van der Waals surface area contributed by atoms with Crippen LogP contribution in [-0.2, 0) is 54.6 Å². The first-order chi connectivity index (χ1) is 42.7. The summed E-state index contributed by atoms with van der Waals surface area (Å²) in [5, 5.41) is 0. The van der Waals surface area contributed by atoms with E-state index in [0.29, 0.717) is 117 Å². The number of ether oxygens (including phenoxy) is 6. The van der Waals surface area contributed by atoms with E-state index in [1.807, 2.05) is 125 Å². The van der Waals surface area contributed by atoms with Gasteiger partial charge in [0.25, 0.3) is 0 Å². The zero-order chi connectivity index (χ0) is 68.2. The van der Waals surface area contributed by atoms with Gasteiger partial charge in [-0.05, 0) is 173 Å². The number of nitrogens with zero attached hydrogens (tertiary/aromatic N) is 10. The van der Waals surface area contributed by atoms with Crippen LogP contribution in [0.3, 0.4) is 0 Å². The second-order valence-corrected chi connectivity index (χ2v) is 31.0. The lowest BCUT2D eigenvalue weighted by Gasteiger charge is -2.35. The van der Waals surface area contributed by atoms with Crippen LogP contribution in [-0.4, -0.2) is 250 Å². The molecule has 0 N–H and O–H groups in total. The van der Waals surface area contributed by atoms with Crippen LogP contribution in [0.5, 0.6) is 0 Å². The summed E-state index contributed by atoms with van der Waals surface area (Å²) in [5.74, 6) is 0. The van der Waals surface area contributed by atoms with Gasteiger partial charge in [0.1, 0.15) is 33.6 Å². The quantitative estimate of drug-likeness (QED) is 0.227. The fraction of sp³-hybridized carbons (Fsp3) is 0.743. The van der Waals surface area contributed by atoms with Crippen LogP contribution in [0.4, 0.5) is 28.8 Å². The number of amides is 6. The van der Waals surface area contributed by atoms with Gasteiger partial charge >= 0.3 is 36.6 Å². The van der Waals surface area contributed by atoms with Crippen molar-refractivity contribution < 1.29 is 57.2 Å². The standard InChI is InChI=1S/C70H118N10O12/c1-65(2,3)87-59(81)75-35-21-37-79(63(85)91-69(13,14)15)49-47-77(61(83)89-67(7,8)9)33-19-31-71(43-45-75)51-55-23-27-57(28-24-55)53-73-39-41-74(42-40-73)54-58-29-25-56(26-30-58)52-72-32-20-34-78(62(84)90-68(10,11)12)48-50-80(64(86)92-70(16,17)18)38-22-36-76(46-44-72)60(82)88-66(4,5)6/h23-30H,19-22,31-54H2,1-18H3. The summed E-state index contributed by atoms with van der Waals surface area (Å²) in [4.78, 5) is 101. The number of hydrogen-bond acceptors (Lipinski definition) is 16. The summed E-state index contributed by atoms with van der Waals surface area (Å²) in [6.45, 7) is 46.7. The Morgan fingerprint density at radius 3 is 0.554 bits per heavy atom. The molecule has 92 heavy (non-hydrogen) atoms. The Morgan fingerprint density at radius 2 is 0.380 bits per heavy atom. The topological polar surface area (TPSA) is 190 Å². The average molecular weight is 1290 g/mol. The number of benzene rings is 2. The first-order valence-corrected chi connectivity index (χ1v) is 33.7. The van der Waals surface area contributed by atoms with Crippen molar-refractivity contribution in [1.82, 2.24) is 49.0 Å². The van der Waals surface area contributed by atoms with Crippen molar-refractivity contribution in [2.45, 2.75) is 210 Å². The number of carbonyl (C=O) groups is 6. The summed E-state index contributed by atoms with van der Waals surface area (Å²) in [5.41, 5.74) is 0.654. The molecule has 0 unspecified atom stereocenters. The summed E-state index contributed by atoms with van der Waals surface area (Å²) < 4.78 is 35.0. The van der Waals surface area contributed by atoms with Crippen LogP contribution < -0.4 is 0 Å². The molecule has 3 saturated heterocycles. The van der Waals surface area contributed by atoms with Crippen LogP contribution in [0.15, 0.2) is 48.5 Å². The molecule has 0 radical (unpaired) electrons. The van der Waals surface area contributed by atoms with Crippen molar-refractivity contribution in [3.63, 3.8) is 0 Å². The lowest BCUT2D eigenvalue weighted by Crippen LogP contribution is -2.47. The Hall–Kier alpha value is -6.10. The smallest absolute Gasteiger partial charge is 0.410 e. The SMILES string of the molecule is CC(C)(C)OC(=O)N1CCCN(C(=O)OC(C)(C)C)CCN(C(=O)OC(C)(C)C)CCCN(Cc2ccc(CN3CCN(Cc4ccc(CN5CCCN(C(=O)OC(C)(C)C)CCN(C(=O)OC(C)(C)C)CCCN(C(=O)OC(C)(C)C)CC5)cc4)CC3)cc2)CC1. The van der Waals surface area contributed by atoms with Gasteiger partial charge in [-0.3, -0.25) is 19.6 Å². The molecular formula is C70H118N10O12. The van der Waals surface area contributed by atoms with Gasteiger partial charge in [-0.2, -0.15) is 0 Å². The Balaban J connectivity index is 1.20. The molecule has 22 heteroatoms. The molecule has 6 amide bonds. The Labute approximate surface area is 552 Å². The van der Waals surface area contributed by atoms with Gasteiger partial charge in [-0.1, -0.05) is 48.5 Å². The molecule has 0 aliphatic carbocycles.